The summed E-state index contributed by atoms with van der Waals surface area (Å²) in [6.07, 6.45) is 5.55. The molecule has 0 atom stereocenters. The lowest BCUT2D eigenvalue weighted by molar-refractivity contribution is 0.310. The number of anilines is 1. The van der Waals surface area contributed by atoms with E-state index in [-0.39, 0.29) is 0 Å². The number of rotatable bonds is 6. The molecule has 2 rings (SSSR count). The van der Waals surface area contributed by atoms with E-state index in [4.69, 9.17) is 4.74 Å². The molecule has 1 aromatic heterocycles. The van der Waals surface area contributed by atoms with Crippen LogP contribution in [0.3, 0.4) is 0 Å². The second kappa shape index (κ2) is 6.89. The van der Waals surface area contributed by atoms with Crippen molar-refractivity contribution in [3.05, 3.63) is 36.2 Å². The van der Waals surface area contributed by atoms with Crippen molar-refractivity contribution in [2.75, 3.05) is 19.0 Å². The Morgan fingerprint density at radius 1 is 1.20 bits per heavy atom. The highest BCUT2D eigenvalue weighted by molar-refractivity contribution is 5.76. The first kappa shape index (κ1) is 14.3. The number of hydrogen-bond donors (Lipinski definition) is 1. The lowest BCUT2D eigenvalue weighted by atomic mass is 10.1. The Balaban J connectivity index is 2.40. The molecule has 0 aliphatic heterocycles. The molecule has 2 aromatic rings. The first-order valence-corrected chi connectivity index (χ1v) is 6.98. The number of hydrogen-bond acceptors (Lipinski definition) is 4. The Morgan fingerprint density at radius 2 is 2.00 bits per heavy atom. The van der Waals surface area contributed by atoms with E-state index in [9.17, 15) is 0 Å². The van der Waals surface area contributed by atoms with E-state index in [1.165, 1.54) is 5.56 Å². The van der Waals surface area contributed by atoms with Gasteiger partial charge in [-0.1, -0.05) is 25.0 Å². The summed E-state index contributed by atoms with van der Waals surface area (Å²) in [5.41, 5.74) is 2.99. The fraction of sp³-hybridized carbons (Fsp3) is 0.375. The first-order valence-electron chi connectivity index (χ1n) is 6.98. The fourth-order valence-corrected chi connectivity index (χ4v) is 2.00. The summed E-state index contributed by atoms with van der Waals surface area (Å²) in [6, 6.07) is 6.15. The molecule has 0 radical (unpaired) electrons. The van der Waals surface area contributed by atoms with Gasteiger partial charge in [-0.25, -0.2) is 4.98 Å². The third kappa shape index (κ3) is 3.26. The van der Waals surface area contributed by atoms with Crippen molar-refractivity contribution in [3.8, 4) is 17.0 Å². The van der Waals surface area contributed by atoms with E-state index in [1.807, 2.05) is 13.1 Å². The van der Waals surface area contributed by atoms with Gasteiger partial charge in [-0.2, -0.15) is 0 Å². The van der Waals surface area contributed by atoms with E-state index in [1.54, 1.807) is 12.4 Å². The molecule has 0 saturated heterocycles. The van der Waals surface area contributed by atoms with E-state index < -0.39 is 0 Å². The molecular formula is C16H21N3O. The molecule has 0 aliphatic rings. The second-order valence-corrected chi connectivity index (χ2v) is 4.71. The van der Waals surface area contributed by atoms with Crippen molar-refractivity contribution in [2.24, 2.45) is 0 Å². The molecule has 0 amide bonds. The molecule has 20 heavy (non-hydrogen) atoms. The average molecular weight is 271 g/mol. The molecule has 4 nitrogen and oxygen atoms in total. The normalized spacial score (nSPS) is 10.3. The minimum absolute atomic E-state index is 0.724. The van der Waals surface area contributed by atoms with E-state index in [0.717, 1.165) is 42.3 Å². The Hall–Kier alpha value is -2.10. The van der Waals surface area contributed by atoms with Gasteiger partial charge >= 0.3 is 0 Å². The summed E-state index contributed by atoms with van der Waals surface area (Å²) in [5, 5.41) is 3.08. The third-order valence-corrected chi connectivity index (χ3v) is 3.08. The summed E-state index contributed by atoms with van der Waals surface area (Å²) >= 11 is 0. The Kier molecular flexibility index (Phi) is 4.93. The van der Waals surface area contributed by atoms with Crippen LogP contribution in [0.4, 0.5) is 5.82 Å². The van der Waals surface area contributed by atoms with Crippen molar-refractivity contribution in [1.82, 2.24) is 9.97 Å². The maximum absolute atomic E-state index is 5.89. The van der Waals surface area contributed by atoms with Crippen LogP contribution >= 0.6 is 0 Å². The minimum atomic E-state index is 0.724. The molecule has 0 spiro atoms. The third-order valence-electron chi connectivity index (χ3n) is 3.08. The van der Waals surface area contributed by atoms with Gasteiger partial charge in [0, 0.05) is 25.0 Å². The van der Waals surface area contributed by atoms with Gasteiger partial charge in [0.15, 0.2) is 5.82 Å². The van der Waals surface area contributed by atoms with Gasteiger partial charge in [-0.05, 0) is 25.5 Å². The highest BCUT2D eigenvalue weighted by atomic mass is 16.5. The largest absolute Gasteiger partial charge is 0.493 e. The molecule has 0 bridgehead atoms. The van der Waals surface area contributed by atoms with Gasteiger partial charge in [0.2, 0.25) is 0 Å². The van der Waals surface area contributed by atoms with Crippen molar-refractivity contribution in [2.45, 2.75) is 26.7 Å². The number of ether oxygens (including phenoxy) is 1. The Bertz CT molecular complexity index is 569. The number of aryl methyl sites for hydroxylation is 1. The van der Waals surface area contributed by atoms with Gasteiger partial charge in [0.05, 0.1) is 6.61 Å². The zero-order valence-corrected chi connectivity index (χ0v) is 12.3. The monoisotopic (exact) mass is 271 g/mol. The summed E-state index contributed by atoms with van der Waals surface area (Å²) in [4.78, 5) is 8.76. The van der Waals surface area contributed by atoms with Crippen molar-refractivity contribution in [3.63, 3.8) is 0 Å². The molecule has 1 N–H and O–H groups in total. The van der Waals surface area contributed by atoms with Crippen LogP contribution in [-0.2, 0) is 0 Å². The van der Waals surface area contributed by atoms with E-state index in [0.29, 0.717) is 0 Å². The molecule has 1 heterocycles. The molecule has 4 heteroatoms. The van der Waals surface area contributed by atoms with Crippen molar-refractivity contribution in [1.29, 1.82) is 0 Å². The molecule has 0 fully saturated rings. The smallest absolute Gasteiger partial charge is 0.152 e. The van der Waals surface area contributed by atoms with Gasteiger partial charge in [-0.3, -0.25) is 4.98 Å². The van der Waals surface area contributed by atoms with Crippen LogP contribution in [0.1, 0.15) is 25.3 Å². The number of benzene rings is 1. The molecule has 0 saturated carbocycles. The molecular weight excluding hydrogens is 250 g/mol. The summed E-state index contributed by atoms with van der Waals surface area (Å²) in [7, 11) is 1.85. The lowest BCUT2D eigenvalue weighted by Crippen LogP contribution is -2.02. The predicted octanol–water partition coefficient (Wildman–Crippen LogP) is 3.67. The molecule has 0 unspecified atom stereocenters. The highest BCUT2D eigenvalue weighted by Gasteiger charge is 2.12. The Morgan fingerprint density at radius 3 is 2.75 bits per heavy atom. The van der Waals surface area contributed by atoms with E-state index in [2.05, 4.69) is 41.3 Å². The quantitative estimate of drug-likeness (QED) is 0.814. The SMILES string of the molecule is CCCCOc1ccc(C)cc1-c1nccnc1NC. The van der Waals surface area contributed by atoms with Crippen molar-refractivity contribution < 1.29 is 4.74 Å². The minimum Gasteiger partial charge on any atom is -0.493 e. The zero-order valence-electron chi connectivity index (χ0n) is 12.3. The van der Waals surface area contributed by atoms with Crippen LogP contribution in [0.15, 0.2) is 30.6 Å². The van der Waals surface area contributed by atoms with Crippen LogP contribution in [0.25, 0.3) is 11.3 Å². The van der Waals surface area contributed by atoms with Crippen LogP contribution in [-0.4, -0.2) is 23.6 Å². The maximum atomic E-state index is 5.89. The van der Waals surface area contributed by atoms with Crippen LogP contribution in [0, 0.1) is 6.92 Å². The highest BCUT2D eigenvalue weighted by Crippen LogP contribution is 2.33. The number of nitrogens with zero attached hydrogens (tertiary/aromatic N) is 2. The summed E-state index contributed by atoms with van der Waals surface area (Å²) in [5.74, 6) is 1.62. The Labute approximate surface area is 120 Å². The van der Waals surface area contributed by atoms with Gasteiger partial charge in [0.1, 0.15) is 11.4 Å². The standard InChI is InChI=1S/C16H21N3O/c1-4-5-10-20-14-7-6-12(2)11-13(14)15-16(17-3)19-9-8-18-15/h6-9,11H,4-5,10H2,1-3H3,(H,17,19). The van der Waals surface area contributed by atoms with Crippen molar-refractivity contribution >= 4 is 5.82 Å². The maximum Gasteiger partial charge on any atom is 0.152 e. The van der Waals surface area contributed by atoms with Crippen LogP contribution in [0.2, 0.25) is 0 Å². The second-order valence-electron chi connectivity index (χ2n) is 4.71. The fourth-order valence-electron chi connectivity index (χ4n) is 2.00. The zero-order chi connectivity index (χ0) is 14.4. The van der Waals surface area contributed by atoms with Gasteiger partial charge in [0.25, 0.3) is 0 Å². The predicted molar refractivity (Wildman–Crippen MR) is 82.2 cm³/mol. The van der Waals surface area contributed by atoms with Crippen LogP contribution in [0.5, 0.6) is 5.75 Å². The average Bonchev–Trinajstić information content (AvgIpc) is 2.49. The molecule has 106 valence electrons. The molecule has 0 aliphatic carbocycles. The topological polar surface area (TPSA) is 47.0 Å². The lowest BCUT2D eigenvalue weighted by Gasteiger charge is -2.13. The summed E-state index contributed by atoms with van der Waals surface area (Å²) < 4.78 is 5.89. The number of nitrogens with one attached hydrogen (secondary N) is 1. The first-order chi connectivity index (χ1) is 9.76. The number of aromatic nitrogens is 2. The number of unbranched alkanes of at least 4 members (excludes halogenated alkanes) is 1. The van der Waals surface area contributed by atoms with Crippen LogP contribution < -0.4 is 10.1 Å². The molecule has 1 aromatic carbocycles. The van der Waals surface area contributed by atoms with E-state index >= 15 is 0 Å². The van der Waals surface area contributed by atoms with Gasteiger partial charge < -0.3 is 10.1 Å². The van der Waals surface area contributed by atoms with Gasteiger partial charge in [-0.15, -0.1) is 0 Å². The summed E-state index contributed by atoms with van der Waals surface area (Å²) in [6.45, 7) is 4.94.